The Bertz CT molecular complexity index is 705. The van der Waals surface area contributed by atoms with Crippen molar-refractivity contribution in [3.63, 3.8) is 0 Å². The third kappa shape index (κ3) is 3.09. The summed E-state index contributed by atoms with van der Waals surface area (Å²) in [7, 11) is 1.67. The van der Waals surface area contributed by atoms with Gasteiger partial charge in [-0.25, -0.2) is 4.79 Å². The molecule has 0 aliphatic carbocycles. The van der Waals surface area contributed by atoms with Crippen molar-refractivity contribution in [1.82, 2.24) is 9.80 Å². The molecule has 2 heterocycles. The first-order chi connectivity index (χ1) is 11.0. The number of hydrogen-bond acceptors (Lipinski definition) is 5. The van der Waals surface area contributed by atoms with Gasteiger partial charge >= 0.3 is 5.97 Å². The maximum Gasteiger partial charge on any atom is 0.354 e. The van der Waals surface area contributed by atoms with Crippen LogP contribution in [0.5, 0.6) is 0 Å². The molecule has 0 bridgehead atoms. The summed E-state index contributed by atoms with van der Waals surface area (Å²) in [6.07, 6.45) is 0.319. The van der Waals surface area contributed by atoms with Gasteiger partial charge in [-0.1, -0.05) is 42.1 Å². The van der Waals surface area contributed by atoms with E-state index in [4.69, 9.17) is 0 Å². The van der Waals surface area contributed by atoms with Crippen LogP contribution >= 0.6 is 23.5 Å². The molecular formula is C15H14N2O4S2. The van der Waals surface area contributed by atoms with Gasteiger partial charge in [0.25, 0.3) is 5.24 Å². The molecular weight excluding hydrogens is 336 g/mol. The highest BCUT2D eigenvalue weighted by atomic mass is 32.2. The normalized spacial score (nSPS) is 19.4. The smallest absolute Gasteiger partial charge is 0.354 e. The SMILES string of the molecule is CN(Cc1ccccc1)C(=O)SC1=C(C(=O)O)N2C(=O)C[C@@H]2S1. The quantitative estimate of drug-likeness (QED) is 0.841. The standard InChI is InChI=1S/C15H14N2O4S2/c1-16(8-9-5-3-2-4-6-9)15(21)23-14-12(13(19)20)17-10(18)7-11(17)22-14/h2-6,11H,7-8H2,1H3,(H,19,20)/t11-/m0/s1. The monoisotopic (exact) mass is 350 g/mol. The van der Waals surface area contributed by atoms with Crippen molar-refractivity contribution in [2.24, 2.45) is 0 Å². The Morgan fingerprint density at radius 1 is 1.39 bits per heavy atom. The molecule has 1 saturated heterocycles. The number of amides is 2. The van der Waals surface area contributed by atoms with Crippen molar-refractivity contribution >= 4 is 40.6 Å². The molecule has 0 aromatic heterocycles. The Kier molecular flexibility index (Phi) is 4.36. The minimum Gasteiger partial charge on any atom is -0.477 e. The average molecular weight is 350 g/mol. The first-order valence-corrected chi connectivity index (χ1v) is 8.60. The Morgan fingerprint density at radius 2 is 2.09 bits per heavy atom. The highest BCUT2D eigenvalue weighted by molar-refractivity contribution is 8.29. The second-order valence-electron chi connectivity index (χ2n) is 5.19. The molecule has 1 atom stereocenters. The molecule has 2 amide bonds. The zero-order valence-electron chi connectivity index (χ0n) is 12.3. The van der Waals surface area contributed by atoms with Gasteiger partial charge in [0, 0.05) is 13.6 Å². The number of β-lactam (4-membered cyclic amide) rings is 1. The molecule has 1 aromatic rings. The predicted molar refractivity (Wildman–Crippen MR) is 88.4 cm³/mol. The van der Waals surface area contributed by atoms with E-state index in [1.165, 1.54) is 21.6 Å². The van der Waals surface area contributed by atoms with Gasteiger partial charge in [0.15, 0.2) is 5.70 Å². The second kappa shape index (κ2) is 6.29. The van der Waals surface area contributed by atoms with Gasteiger partial charge < -0.3 is 10.0 Å². The highest BCUT2D eigenvalue weighted by Gasteiger charge is 2.49. The van der Waals surface area contributed by atoms with Crippen molar-refractivity contribution in [3.05, 3.63) is 45.8 Å². The van der Waals surface area contributed by atoms with Crippen LogP contribution in [0.3, 0.4) is 0 Å². The van der Waals surface area contributed by atoms with Gasteiger partial charge in [0.05, 0.1) is 16.0 Å². The summed E-state index contributed by atoms with van der Waals surface area (Å²) in [6, 6.07) is 9.54. The van der Waals surface area contributed by atoms with E-state index < -0.39 is 5.97 Å². The van der Waals surface area contributed by atoms with Crippen LogP contribution in [0.4, 0.5) is 4.79 Å². The van der Waals surface area contributed by atoms with Crippen LogP contribution in [0.25, 0.3) is 0 Å². The topological polar surface area (TPSA) is 77.9 Å². The number of fused-ring (bicyclic) bond motifs is 1. The molecule has 0 saturated carbocycles. The lowest BCUT2D eigenvalue weighted by molar-refractivity contribution is -0.145. The van der Waals surface area contributed by atoms with E-state index >= 15 is 0 Å². The van der Waals surface area contributed by atoms with Crippen molar-refractivity contribution in [1.29, 1.82) is 0 Å². The number of carbonyl (C=O) groups is 3. The molecule has 1 aromatic carbocycles. The summed E-state index contributed by atoms with van der Waals surface area (Å²) >= 11 is 2.15. The van der Waals surface area contributed by atoms with Crippen molar-refractivity contribution in [2.75, 3.05) is 7.05 Å². The van der Waals surface area contributed by atoms with Gasteiger partial charge in [0.1, 0.15) is 0 Å². The lowest BCUT2D eigenvalue weighted by Crippen LogP contribution is -2.48. The number of carboxylic acid groups (broad SMARTS) is 1. The number of carboxylic acids is 1. The minimum absolute atomic E-state index is 0.0669. The van der Waals surface area contributed by atoms with Gasteiger partial charge in [-0.15, -0.1) is 0 Å². The Balaban J connectivity index is 1.70. The first-order valence-electron chi connectivity index (χ1n) is 6.90. The molecule has 120 valence electrons. The maximum atomic E-state index is 12.3. The lowest BCUT2D eigenvalue weighted by Gasteiger charge is -2.33. The molecule has 1 N–H and O–H groups in total. The molecule has 0 spiro atoms. The summed E-state index contributed by atoms with van der Waals surface area (Å²) in [5.41, 5.74) is 0.928. The number of carbonyl (C=O) groups excluding carboxylic acids is 2. The third-order valence-corrected chi connectivity index (χ3v) is 6.00. The van der Waals surface area contributed by atoms with Gasteiger partial charge in [0.2, 0.25) is 5.91 Å². The van der Waals surface area contributed by atoms with Crippen molar-refractivity contribution in [3.8, 4) is 0 Å². The highest BCUT2D eigenvalue weighted by Crippen LogP contribution is 2.50. The van der Waals surface area contributed by atoms with Gasteiger partial charge in [-0.05, 0) is 17.3 Å². The van der Waals surface area contributed by atoms with E-state index in [1.54, 1.807) is 7.05 Å². The molecule has 8 heteroatoms. The number of rotatable bonds is 4. The van der Waals surface area contributed by atoms with E-state index in [1.807, 2.05) is 30.3 Å². The molecule has 0 unspecified atom stereocenters. The summed E-state index contributed by atoms with van der Waals surface area (Å²) in [5, 5.41) is 8.88. The summed E-state index contributed by atoms with van der Waals surface area (Å²) in [5.74, 6) is -1.38. The summed E-state index contributed by atoms with van der Waals surface area (Å²) < 4.78 is 0.387. The molecule has 23 heavy (non-hydrogen) atoms. The molecule has 6 nitrogen and oxygen atoms in total. The number of thioether (sulfide) groups is 2. The van der Waals surface area contributed by atoms with Crippen LogP contribution in [0.1, 0.15) is 12.0 Å². The zero-order chi connectivity index (χ0) is 16.6. The van der Waals surface area contributed by atoms with E-state index in [2.05, 4.69) is 0 Å². The van der Waals surface area contributed by atoms with Crippen LogP contribution in [0.15, 0.2) is 40.3 Å². The van der Waals surface area contributed by atoms with Gasteiger partial charge in [-0.2, -0.15) is 0 Å². The predicted octanol–water partition coefficient (Wildman–Crippen LogP) is 2.53. The van der Waals surface area contributed by atoms with E-state index in [0.29, 0.717) is 17.2 Å². The maximum absolute atomic E-state index is 12.3. The molecule has 2 aliphatic heterocycles. The number of nitrogens with zero attached hydrogens (tertiary/aromatic N) is 2. The van der Waals surface area contributed by atoms with Crippen LogP contribution < -0.4 is 0 Å². The van der Waals surface area contributed by atoms with Crippen LogP contribution in [0.2, 0.25) is 0 Å². The minimum atomic E-state index is -1.17. The van der Waals surface area contributed by atoms with Crippen molar-refractivity contribution < 1.29 is 19.5 Å². The largest absolute Gasteiger partial charge is 0.477 e. The number of aliphatic carboxylic acids is 1. The molecule has 1 fully saturated rings. The number of hydrogen-bond donors (Lipinski definition) is 1. The Hall–Kier alpha value is -1.93. The lowest BCUT2D eigenvalue weighted by atomic mass is 10.2. The van der Waals surface area contributed by atoms with E-state index in [0.717, 1.165) is 17.3 Å². The van der Waals surface area contributed by atoms with Crippen LogP contribution in [-0.4, -0.2) is 44.4 Å². The fourth-order valence-electron chi connectivity index (χ4n) is 2.37. The Labute approximate surface area is 141 Å². The molecule has 0 radical (unpaired) electrons. The summed E-state index contributed by atoms with van der Waals surface area (Å²) in [6.45, 7) is 0.444. The van der Waals surface area contributed by atoms with Crippen LogP contribution in [0, 0.1) is 0 Å². The summed E-state index contributed by atoms with van der Waals surface area (Å²) in [4.78, 5) is 38.1. The van der Waals surface area contributed by atoms with E-state index in [-0.39, 0.29) is 22.2 Å². The zero-order valence-corrected chi connectivity index (χ0v) is 13.9. The van der Waals surface area contributed by atoms with E-state index in [9.17, 15) is 19.5 Å². The van der Waals surface area contributed by atoms with Crippen molar-refractivity contribution in [2.45, 2.75) is 18.3 Å². The molecule has 3 rings (SSSR count). The van der Waals surface area contributed by atoms with Gasteiger partial charge in [-0.3, -0.25) is 14.5 Å². The van der Waals surface area contributed by atoms with Crippen LogP contribution in [-0.2, 0) is 16.1 Å². The average Bonchev–Trinajstić information content (AvgIpc) is 2.80. The molecule has 2 aliphatic rings. The fourth-order valence-corrected chi connectivity index (χ4v) is 4.87. The second-order valence-corrected chi connectivity index (χ2v) is 7.60. The third-order valence-electron chi connectivity index (χ3n) is 3.54. The fraction of sp³-hybridized carbons (Fsp3) is 0.267. The number of benzene rings is 1. The Morgan fingerprint density at radius 3 is 2.70 bits per heavy atom. The first kappa shape index (κ1) is 15.9.